The first-order chi connectivity index (χ1) is 8.59. The van der Waals surface area contributed by atoms with Crippen molar-refractivity contribution >= 4 is 26.3 Å². The van der Waals surface area contributed by atoms with Crippen molar-refractivity contribution < 1.29 is 31.0 Å². The van der Waals surface area contributed by atoms with Gasteiger partial charge in [0.25, 0.3) is 20.2 Å². The van der Waals surface area contributed by atoms with Gasteiger partial charge in [0, 0.05) is 6.42 Å². The quantitative estimate of drug-likeness (QED) is 0.690. The largest absolute Gasteiger partial charge is 0.381 e. The van der Waals surface area contributed by atoms with E-state index in [4.69, 9.17) is 9.11 Å². The van der Waals surface area contributed by atoms with Crippen molar-refractivity contribution in [3.05, 3.63) is 40.3 Å². The molecule has 0 amide bonds. The molecule has 0 spiro atoms. The molecule has 103 valence electrons. The highest BCUT2D eigenvalue weighted by Crippen LogP contribution is 2.34. The Morgan fingerprint density at radius 3 is 2.16 bits per heavy atom. The summed E-state index contributed by atoms with van der Waals surface area (Å²) in [6.45, 7) is 0. The Balaban J connectivity index is 2.66. The SMILES string of the molecule is O=S(=O)(O)C1=Cc2cc(S(=O)(=O)O)ccc2[C](O)C1. The Labute approximate surface area is 109 Å². The molecular weight excluding hydrogens is 296 g/mol. The first kappa shape index (κ1) is 14.2. The van der Waals surface area contributed by atoms with E-state index in [2.05, 4.69) is 0 Å². The molecule has 0 saturated carbocycles. The van der Waals surface area contributed by atoms with Gasteiger partial charge in [-0.2, -0.15) is 16.8 Å². The van der Waals surface area contributed by atoms with Gasteiger partial charge in [-0.25, -0.2) is 0 Å². The van der Waals surface area contributed by atoms with Gasteiger partial charge in [0.2, 0.25) is 0 Å². The van der Waals surface area contributed by atoms with Crippen molar-refractivity contribution in [3.63, 3.8) is 0 Å². The van der Waals surface area contributed by atoms with Gasteiger partial charge in [0.1, 0.15) is 6.10 Å². The predicted molar refractivity (Wildman–Crippen MR) is 64.7 cm³/mol. The molecule has 9 heteroatoms. The zero-order valence-corrected chi connectivity index (χ0v) is 10.9. The minimum atomic E-state index is -4.48. The van der Waals surface area contributed by atoms with E-state index in [1.165, 1.54) is 6.07 Å². The molecule has 0 heterocycles. The molecule has 19 heavy (non-hydrogen) atoms. The Kier molecular flexibility index (Phi) is 3.27. The lowest BCUT2D eigenvalue weighted by molar-refractivity contribution is 0.322. The molecule has 2 rings (SSSR count). The average molecular weight is 305 g/mol. The van der Waals surface area contributed by atoms with Gasteiger partial charge in [0.15, 0.2) is 0 Å². The summed E-state index contributed by atoms with van der Waals surface area (Å²) in [5.41, 5.74) is 0.311. The van der Waals surface area contributed by atoms with Crippen molar-refractivity contribution in [1.29, 1.82) is 0 Å². The van der Waals surface area contributed by atoms with Gasteiger partial charge in [0.05, 0.1) is 9.80 Å². The van der Waals surface area contributed by atoms with E-state index in [9.17, 15) is 21.9 Å². The summed E-state index contributed by atoms with van der Waals surface area (Å²) in [7, 11) is -8.92. The molecule has 1 aliphatic rings. The molecule has 0 atom stereocenters. The molecule has 1 radical (unpaired) electrons. The minimum Gasteiger partial charge on any atom is -0.381 e. The first-order valence-electron chi connectivity index (χ1n) is 4.94. The van der Waals surface area contributed by atoms with Gasteiger partial charge in [-0.3, -0.25) is 9.11 Å². The molecule has 1 aliphatic carbocycles. The first-order valence-corrected chi connectivity index (χ1v) is 7.82. The van der Waals surface area contributed by atoms with Crippen LogP contribution < -0.4 is 0 Å². The highest BCUT2D eigenvalue weighted by Gasteiger charge is 2.27. The normalized spacial score (nSPS) is 16.9. The molecule has 3 N–H and O–H groups in total. The van der Waals surface area contributed by atoms with Crippen LogP contribution in [0.1, 0.15) is 17.5 Å². The van der Waals surface area contributed by atoms with Gasteiger partial charge < -0.3 is 5.11 Å². The Bertz CT molecular complexity index is 759. The third-order valence-electron chi connectivity index (χ3n) is 2.62. The van der Waals surface area contributed by atoms with Gasteiger partial charge in [-0.15, -0.1) is 0 Å². The highest BCUT2D eigenvalue weighted by atomic mass is 32.2. The Morgan fingerprint density at radius 1 is 1.00 bits per heavy atom. The highest BCUT2D eigenvalue weighted by molar-refractivity contribution is 7.90. The van der Waals surface area contributed by atoms with Crippen molar-refractivity contribution in [1.82, 2.24) is 0 Å². The lowest BCUT2D eigenvalue weighted by Crippen LogP contribution is -2.14. The van der Waals surface area contributed by atoms with Crippen molar-refractivity contribution in [2.45, 2.75) is 11.3 Å². The second-order valence-electron chi connectivity index (χ2n) is 3.93. The summed E-state index contributed by atoms with van der Waals surface area (Å²) < 4.78 is 61.8. The van der Waals surface area contributed by atoms with Gasteiger partial charge >= 0.3 is 0 Å². The monoisotopic (exact) mass is 305 g/mol. The number of aliphatic hydroxyl groups is 1. The molecule has 0 fully saturated rings. The van der Waals surface area contributed by atoms with Crippen LogP contribution in [0.4, 0.5) is 0 Å². The molecular formula is C10H9O7S2. The van der Waals surface area contributed by atoms with Crippen LogP contribution in [0.2, 0.25) is 0 Å². The third-order valence-corrected chi connectivity index (χ3v) is 4.40. The van der Waals surface area contributed by atoms with Crippen LogP contribution in [-0.4, -0.2) is 31.0 Å². The topological polar surface area (TPSA) is 129 Å². The maximum absolute atomic E-state index is 11.0. The summed E-state index contributed by atoms with van der Waals surface area (Å²) in [6, 6.07) is 3.33. The number of aliphatic hydroxyl groups excluding tert-OH is 1. The summed E-state index contributed by atoms with van der Waals surface area (Å²) in [5, 5.41) is 9.68. The van der Waals surface area contributed by atoms with E-state index < -0.39 is 30.0 Å². The van der Waals surface area contributed by atoms with Crippen LogP contribution >= 0.6 is 0 Å². The van der Waals surface area contributed by atoms with Gasteiger partial charge in [-0.05, 0) is 29.3 Å². The summed E-state index contributed by atoms with van der Waals surface area (Å²) in [4.78, 5) is -0.892. The van der Waals surface area contributed by atoms with Crippen molar-refractivity contribution in [2.75, 3.05) is 0 Å². The molecule has 0 bridgehead atoms. The van der Waals surface area contributed by atoms with Gasteiger partial charge in [-0.1, -0.05) is 6.07 Å². The second kappa shape index (κ2) is 4.39. The van der Waals surface area contributed by atoms with Crippen LogP contribution in [0.3, 0.4) is 0 Å². The fourth-order valence-electron chi connectivity index (χ4n) is 1.73. The van der Waals surface area contributed by atoms with Crippen LogP contribution in [0.25, 0.3) is 6.08 Å². The van der Waals surface area contributed by atoms with Crippen LogP contribution in [0.5, 0.6) is 0 Å². The van der Waals surface area contributed by atoms with E-state index in [1.54, 1.807) is 0 Å². The molecule has 0 aromatic heterocycles. The molecule has 7 nitrogen and oxygen atoms in total. The van der Waals surface area contributed by atoms with E-state index in [1.807, 2.05) is 0 Å². The number of benzene rings is 1. The van der Waals surface area contributed by atoms with E-state index >= 15 is 0 Å². The molecule has 1 aromatic carbocycles. The third kappa shape index (κ3) is 2.85. The Hall–Kier alpha value is -1.26. The maximum atomic E-state index is 11.0. The summed E-state index contributed by atoms with van der Waals surface area (Å²) in [5.74, 6) is 0. The smallest absolute Gasteiger partial charge is 0.294 e. The van der Waals surface area contributed by atoms with Crippen molar-refractivity contribution in [3.8, 4) is 0 Å². The van der Waals surface area contributed by atoms with Crippen LogP contribution in [0.15, 0.2) is 28.0 Å². The summed E-state index contributed by atoms with van der Waals surface area (Å²) in [6.07, 6.45) is 0.350. The number of fused-ring (bicyclic) bond motifs is 1. The minimum absolute atomic E-state index is 0.0755. The summed E-state index contributed by atoms with van der Waals surface area (Å²) >= 11 is 0. The zero-order valence-electron chi connectivity index (χ0n) is 9.31. The van der Waals surface area contributed by atoms with Crippen LogP contribution in [-0.2, 0) is 20.2 Å². The number of hydrogen-bond donors (Lipinski definition) is 3. The number of rotatable bonds is 2. The maximum Gasteiger partial charge on any atom is 0.294 e. The molecule has 0 saturated heterocycles. The van der Waals surface area contributed by atoms with Crippen LogP contribution in [0, 0.1) is 6.10 Å². The lowest BCUT2D eigenvalue weighted by Gasteiger charge is -2.19. The average Bonchev–Trinajstić information content (AvgIpc) is 2.25. The molecule has 1 aromatic rings. The van der Waals surface area contributed by atoms with E-state index in [0.29, 0.717) is 0 Å². The van der Waals surface area contributed by atoms with E-state index in [0.717, 1.165) is 18.2 Å². The number of hydrogen-bond acceptors (Lipinski definition) is 5. The van der Waals surface area contributed by atoms with E-state index in [-0.39, 0.29) is 23.7 Å². The Morgan fingerprint density at radius 2 is 1.63 bits per heavy atom. The van der Waals surface area contributed by atoms with Crippen molar-refractivity contribution in [2.24, 2.45) is 0 Å². The predicted octanol–water partition coefficient (Wildman–Crippen LogP) is 0.818. The standard InChI is InChI=1S/C10H9O7S2/c11-10-5-8(19(15,16)17)4-6-3-7(18(12,13)14)1-2-9(6)10/h1-4,11H,5H2,(H,12,13,14)(H,15,16,17). The lowest BCUT2D eigenvalue weighted by atomic mass is 9.95. The fourth-order valence-corrected chi connectivity index (χ4v) is 2.84. The molecule has 0 unspecified atom stereocenters. The zero-order chi connectivity index (χ0) is 14.4. The molecule has 0 aliphatic heterocycles. The second-order valence-corrected chi connectivity index (χ2v) is 6.83. The fraction of sp³-hybridized carbons (Fsp3) is 0.100.